The van der Waals surface area contributed by atoms with Gasteiger partial charge >= 0.3 is 0 Å². The summed E-state index contributed by atoms with van der Waals surface area (Å²) in [5.41, 5.74) is 3.61. The smallest absolute Gasteiger partial charge is 0.251 e. The van der Waals surface area contributed by atoms with Crippen molar-refractivity contribution < 1.29 is 9.59 Å². The van der Waals surface area contributed by atoms with Crippen LogP contribution in [0, 0.1) is 5.92 Å². The van der Waals surface area contributed by atoms with Gasteiger partial charge in [0.15, 0.2) is 0 Å². The molecule has 2 N–H and O–H groups in total. The van der Waals surface area contributed by atoms with Gasteiger partial charge in [0.05, 0.1) is 0 Å². The lowest BCUT2D eigenvalue weighted by molar-refractivity contribution is -0.120. The first-order valence-corrected chi connectivity index (χ1v) is 11.6. The van der Waals surface area contributed by atoms with E-state index in [1.807, 2.05) is 24.3 Å². The third kappa shape index (κ3) is 6.66. The number of benzene rings is 2. The maximum absolute atomic E-state index is 12.8. The second-order valence-electron chi connectivity index (χ2n) is 8.32. The lowest BCUT2D eigenvalue weighted by Crippen LogP contribution is -2.26. The van der Waals surface area contributed by atoms with E-state index < -0.39 is 0 Å². The zero-order chi connectivity index (χ0) is 22.1. The van der Waals surface area contributed by atoms with Gasteiger partial charge in [-0.1, -0.05) is 63.4 Å². The molecule has 0 aromatic heterocycles. The van der Waals surface area contributed by atoms with Gasteiger partial charge in [0, 0.05) is 30.3 Å². The molecular weight excluding hydrogens is 386 g/mol. The fourth-order valence-corrected chi connectivity index (χ4v) is 4.20. The number of carbonyl (C=O) groups excluding carboxylic acids is 2. The van der Waals surface area contributed by atoms with Crippen molar-refractivity contribution in [1.29, 1.82) is 0 Å². The first-order chi connectivity index (χ1) is 15.1. The molecule has 0 heterocycles. The van der Waals surface area contributed by atoms with E-state index in [2.05, 4.69) is 41.5 Å². The quantitative estimate of drug-likeness (QED) is 0.600. The summed E-state index contributed by atoms with van der Waals surface area (Å²) in [7, 11) is 0. The SMILES string of the molecule is CCN(CC)Cc1ccccc1CNC(=O)c1cccc(NC(=O)C2CCCCC2)c1. The zero-order valence-corrected chi connectivity index (χ0v) is 18.8. The van der Waals surface area contributed by atoms with Crippen molar-refractivity contribution >= 4 is 17.5 Å². The molecule has 2 aromatic carbocycles. The molecule has 0 bridgehead atoms. The fourth-order valence-electron chi connectivity index (χ4n) is 4.20. The van der Waals surface area contributed by atoms with Gasteiger partial charge in [0.2, 0.25) is 5.91 Å². The van der Waals surface area contributed by atoms with Crippen LogP contribution in [-0.2, 0) is 17.9 Å². The van der Waals surface area contributed by atoms with Crippen LogP contribution in [0.1, 0.15) is 67.4 Å². The van der Waals surface area contributed by atoms with Gasteiger partial charge in [0.1, 0.15) is 0 Å². The second-order valence-corrected chi connectivity index (χ2v) is 8.32. The van der Waals surface area contributed by atoms with Crippen molar-refractivity contribution in [3.63, 3.8) is 0 Å². The monoisotopic (exact) mass is 421 g/mol. The second kappa shape index (κ2) is 11.7. The number of hydrogen-bond acceptors (Lipinski definition) is 3. The Bertz CT molecular complexity index is 870. The van der Waals surface area contributed by atoms with Crippen molar-refractivity contribution in [2.24, 2.45) is 5.92 Å². The highest BCUT2D eigenvalue weighted by molar-refractivity contribution is 5.97. The van der Waals surface area contributed by atoms with E-state index >= 15 is 0 Å². The zero-order valence-electron chi connectivity index (χ0n) is 18.8. The summed E-state index contributed by atoms with van der Waals surface area (Å²) in [5.74, 6) is 0.0301. The number of rotatable bonds is 9. The van der Waals surface area contributed by atoms with Gasteiger partial charge in [-0.05, 0) is 55.3 Å². The topological polar surface area (TPSA) is 61.4 Å². The number of nitrogens with zero attached hydrogens (tertiary/aromatic N) is 1. The molecule has 0 spiro atoms. The van der Waals surface area contributed by atoms with E-state index in [9.17, 15) is 9.59 Å². The van der Waals surface area contributed by atoms with Crippen LogP contribution in [0.3, 0.4) is 0 Å². The predicted molar refractivity (Wildman–Crippen MR) is 126 cm³/mol. The van der Waals surface area contributed by atoms with Crippen molar-refractivity contribution in [2.75, 3.05) is 18.4 Å². The van der Waals surface area contributed by atoms with E-state index in [0.29, 0.717) is 17.8 Å². The molecule has 0 radical (unpaired) electrons. The van der Waals surface area contributed by atoms with E-state index in [-0.39, 0.29) is 17.7 Å². The van der Waals surface area contributed by atoms with Crippen LogP contribution in [0.2, 0.25) is 0 Å². The summed E-state index contributed by atoms with van der Waals surface area (Å²) in [6.07, 6.45) is 5.38. The Morgan fingerprint density at radius 3 is 2.35 bits per heavy atom. The van der Waals surface area contributed by atoms with Gasteiger partial charge < -0.3 is 10.6 Å². The summed E-state index contributed by atoms with van der Waals surface area (Å²) < 4.78 is 0. The molecular formula is C26H35N3O2. The molecule has 1 aliphatic rings. The van der Waals surface area contributed by atoms with E-state index in [1.165, 1.54) is 12.0 Å². The molecule has 1 aliphatic carbocycles. The molecule has 2 amide bonds. The highest BCUT2D eigenvalue weighted by atomic mass is 16.2. The lowest BCUT2D eigenvalue weighted by atomic mass is 9.88. The lowest BCUT2D eigenvalue weighted by Gasteiger charge is -2.21. The molecule has 1 saturated carbocycles. The third-order valence-corrected chi connectivity index (χ3v) is 6.21. The third-order valence-electron chi connectivity index (χ3n) is 6.21. The largest absolute Gasteiger partial charge is 0.348 e. The maximum Gasteiger partial charge on any atom is 0.251 e. The number of carbonyl (C=O) groups is 2. The minimum atomic E-state index is -0.133. The Morgan fingerprint density at radius 1 is 0.935 bits per heavy atom. The van der Waals surface area contributed by atoms with Gasteiger partial charge in [-0.2, -0.15) is 0 Å². The Labute approximate surface area is 186 Å². The molecule has 2 aromatic rings. The Balaban J connectivity index is 1.60. The molecule has 166 valence electrons. The van der Waals surface area contributed by atoms with E-state index in [4.69, 9.17) is 0 Å². The minimum Gasteiger partial charge on any atom is -0.348 e. The molecule has 31 heavy (non-hydrogen) atoms. The predicted octanol–water partition coefficient (Wildman–Crippen LogP) is 4.98. The summed E-state index contributed by atoms with van der Waals surface area (Å²) in [6, 6.07) is 15.5. The van der Waals surface area contributed by atoms with Crippen LogP contribution >= 0.6 is 0 Å². The number of nitrogens with one attached hydrogen (secondary N) is 2. The van der Waals surface area contributed by atoms with Crippen LogP contribution in [0.4, 0.5) is 5.69 Å². The Hall–Kier alpha value is -2.66. The summed E-state index contributed by atoms with van der Waals surface area (Å²) in [4.78, 5) is 27.6. The summed E-state index contributed by atoms with van der Waals surface area (Å²) in [5, 5.41) is 6.04. The normalized spacial score (nSPS) is 14.4. The van der Waals surface area contributed by atoms with Gasteiger partial charge in [0.25, 0.3) is 5.91 Å². The van der Waals surface area contributed by atoms with Gasteiger partial charge in [-0.3, -0.25) is 14.5 Å². The Morgan fingerprint density at radius 2 is 1.65 bits per heavy atom. The van der Waals surface area contributed by atoms with Crippen LogP contribution in [0.5, 0.6) is 0 Å². The molecule has 1 fully saturated rings. The first-order valence-electron chi connectivity index (χ1n) is 11.6. The highest BCUT2D eigenvalue weighted by Gasteiger charge is 2.21. The molecule has 5 heteroatoms. The maximum atomic E-state index is 12.8. The minimum absolute atomic E-state index is 0.0718. The van der Waals surface area contributed by atoms with Crippen LogP contribution < -0.4 is 10.6 Å². The standard InChI is InChI=1S/C26H35N3O2/c1-3-29(4-2)19-23-14-9-8-13-22(23)18-27-25(30)21-15-10-16-24(17-21)28-26(31)20-11-6-5-7-12-20/h8-10,13-17,20H,3-7,11-12,18-19H2,1-2H3,(H,27,30)(H,28,31). The molecule has 0 saturated heterocycles. The van der Waals surface area contributed by atoms with Crippen LogP contribution in [-0.4, -0.2) is 29.8 Å². The average molecular weight is 422 g/mol. The highest BCUT2D eigenvalue weighted by Crippen LogP contribution is 2.25. The summed E-state index contributed by atoms with van der Waals surface area (Å²) in [6.45, 7) is 7.67. The fraction of sp³-hybridized carbons (Fsp3) is 0.462. The van der Waals surface area contributed by atoms with Crippen molar-refractivity contribution in [3.8, 4) is 0 Å². The van der Waals surface area contributed by atoms with Crippen molar-refractivity contribution in [2.45, 2.75) is 59.0 Å². The van der Waals surface area contributed by atoms with Crippen LogP contribution in [0.25, 0.3) is 0 Å². The van der Waals surface area contributed by atoms with E-state index in [0.717, 1.165) is 50.9 Å². The van der Waals surface area contributed by atoms with E-state index in [1.54, 1.807) is 12.1 Å². The number of anilines is 1. The average Bonchev–Trinajstić information content (AvgIpc) is 2.82. The number of amides is 2. The Kier molecular flexibility index (Phi) is 8.65. The van der Waals surface area contributed by atoms with Crippen LogP contribution in [0.15, 0.2) is 48.5 Å². The molecule has 5 nitrogen and oxygen atoms in total. The van der Waals surface area contributed by atoms with Crippen molar-refractivity contribution in [1.82, 2.24) is 10.2 Å². The van der Waals surface area contributed by atoms with Crippen molar-refractivity contribution in [3.05, 3.63) is 65.2 Å². The molecule has 0 atom stereocenters. The summed E-state index contributed by atoms with van der Waals surface area (Å²) >= 11 is 0. The molecule has 3 rings (SSSR count). The molecule has 0 aliphatic heterocycles. The molecule has 0 unspecified atom stereocenters. The van der Waals surface area contributed by atoms with Gasteiger partial charge in [-0.15, -0.1) is 0 Å². The van der Waals surface area contributed by atoms with Gasteiger partial charge in [-0.25, -0.2) is 0 Å². The number of hydrogen-bond donors (Lipinski definition) is 2. The first kappa shape index (κ1) is 23.0.